The SMILES string of the molecule is CCCCCCCCCCCCc1ccc(CCCCCCCCCCCC)c(-c2cn(-c3ccc4c(c3)C(CCCCCCCCCCCC)(CCCCCCCCCCCC)c3cc(-n5ccnn5)ccc3-4)nn2)c1. The summed E-state index contributed by atoms with van der Waals surface area (Å²) in [6.07, 6.45) is 65.0. The standard InChI is InChI=1S/C71H112N6/c1-5-9-13-17-21-25-29-33-37-41-45-61-47-48-62(46-42-38-34-30-26-22-18-14-10-6-2)67(57-61)70-60-77(75-73-70)64-50-52-66-65-51-49-63(76-56-55-72-74-76)58-68(65)71(69(66)59-64,53-43-39-35-31-27-23-19-15-11-7-3)54-44-40-36-32-28-24-20-16-12-8-4/h47-52,55-60H,5-46,53-54H2,1-4H3. The molecule has 0 unspecified atom stereocenters. The van der Waals surface area contributed by atoms with Gasteiger partial charge in [-0.2, -0.15) is 0 Å². The lowest BCUT2D eigenvalue weighted by Crippen LogP contribution is -2.26. The molecule has 0 bridgehead atoms. The van der Waals surface area contributed by atoms with Gasteiger partial charge in [-0.1, -0.05) is 306 Å². The number of aryl methyl sites for hydroxylation is 2. The van der Waals surface area contributed by atoms with E-state index in [9.17, 15) is 0 Å². The Bertz CT molecular complexity index is 2250. The first kappa shape index (κ1) is 62.1. The molecule has 0 spiro atoms. The van der Waals surface area contributed by atoms with Crippen LogP contribution in [0.15, 0.2) is 73.2 Å². The van der Waals surface area contributed by atoms with Crippen molar-refractivity contribution < 1.29 is 0 Å². The average molecular weight is 1050 g/mol. The van der Waals surface area contributed by atoms with Crippen molar-refractivity contribution in [3.8, 4) is 33.8 Å². The zero-order valence-electron chi connectivity index (χ0n) is 50.2. The lowest BCUT2D eigenvalue weighted by Gasteiger charge is -2.33. The number of nitrogens with zero attached hydrogens (tertiary/aromatic N) is 6. The highest BCUT2D eigenvalue weighted by Gasteiger charge is 2.43. The largest absolute Gasteiger partial charge is 0.221 e. The molecular weight excluding hydrogens is 937 g/mol. The molecule has 1 aliphatic carbocycles. The van der Waals surface area contributed by atoms with Gasteiger partial charge in [-0.3, -0.25) is 0 Å². The molecule has 2 aromatic heterocycles. The second kappa shape index (κ2) is 37.7. The Balaban J connectivity index is 1.22. The number of benzene rings is 3. The summed E-state index contributed by atoms with van der Waals surface area (Å²) < 4.78 is 4.05. The van der Waals surface area contributed by atoms with E-state index in [1.165, 1.54) is 309 Å². The van der Waals surface area contributed by atoms with Crippen molar-refractivity contribution in [1.29, 1.82) is 0 Å². The Morgan fingerprint density at radius 1 is 0.364 bits per heavy atom. The molecule has 6 nitrogen and oxygen atoms in total. The molecule has 0 fully saturated rings. The fourth-order valence-electron chi connectivity index (χ4n) is 13.0. The lowest BCUT2D eigenvalue weighted by atomic mass is 9.70. The summed E-state index contributed by atoms with van der Waals surface area (Å²) in [6, 6.07) is 21.7. The normalized spacial score (nSPS) is 12.7. The second-order valence-electron chi connectivity index (χ2n) is 24.2. The monoisotopic (exact) mass is 1050 g/mol. The van der Waals surface area contributed by atoms with Gasteiger partial charge < -0.3 is 0 Å². The Kier molecular flexibility index (Phi) is 30.5. The number of fused-ring (bicyclic) bond motifs is 3. The first-order valence-electron chi connectivity index (χ1n) is 33.3. The van der Waals surface area contributed by atoms with Crippen LogP contribution in [0.1, 0.15) is 320 Å². The van der Waals surface area contributed by atoms with E-state index < -0.39 is 0 Å². The number of rotatable bonds is 47. The smallest absolute Gasteiger partial charge is 0.113 e. The number of hydrogen-bond donors (Lipinski definition) is 0. The summed E-state index contributed by atoms with van der Waals surface area (Å²) >= 11 is 0. The summed E-state index contributed by atoms with van der Waals surface area (Å²) in [6.45, 7) is 9.26. The highest BCUT2D eigenvalue weighted by Crippen LogP contribution is 2.55. The van der Waals surface area contributed by atoms with Gasteiger partial charge >= 0.3 is 0 Å². The van der Waals surface area contributed by atoms with Crippen molar-refractivity contribution in [2.45, 2.75) is 316 Å². The third-order valence-corrected chi connectivity index (χ3v) is 17.8. The Labute approximate surface area is 472 Å². The van der Waals surface area contributed by atoms with E-state index in [2.05, 4.69) is 103 Å². The maximum Gasteiger partial charge on any atom is 0.113 e. The van der Waals surface area contributed by atoms with Gasteiger partial charge in [0.25, 0.3) is 0 Å². The van der Waals surface area contributed by atoms with Crippen molar-refractivity contribution in [3.05, 3.63) is 95.4 Å². The maximum atomic E-state index is 5.04. The minimum atomic E-state index is -0.0772. The molecule has 0 atom stereocenters. The van der Waals surface area contributed by atoms with Gasteiger partial charge in [0, 0.05) is 11.0 Å². The van der Waals surface area contributed by atoms with Crippen LogP contribution in [0, 0.1) is 0 Å². The van der Waals surface area contributed by atoms with Crippen molar-refractivity contribution in [3.63, 3.8) is 0 Å². The van der Waals surface area contributed by atoms with Crippen LogP contribution in [0.2, 0.25) is 0 Å². The van der Waals surface area contributed by atoms with E-state index in [1.54, 1.807) is 6.20 Å². The van der Waals surface area contributed by atoms with Crippen LogP contribution in [0.4, 0.5) is 0 Å². The molecule has 0 N–H and O–H groups in total. The van der Waals surface area contributed by atoms with Crippen LogP contribution in [0.3, 0.4) is 0 Å². The fourth-order valence-corrected chi connectivity index (χ4v) is 13.0. The van der Waals surface area contributed by atoms with Crippen molar-refractivity contribution in [2.24, 2.45) is 0 Å². The molecule has 6 heteroatoms. The first-order valence-corrected chi connectivity index (χ1v) is 33.3. The predicted octanol–water partition coefficient (Wildman–Crippen LogP) is 22.3. The highest BCUT2D eigenvalue weighted by atomic mass is 15.4. The van der Waals surface area contributed by atoms with Crippen molar-refractivity contribution in [1.82, 2.24) is 30.0 Å². The molecule has 1 aliphatic rings. The molecule has 5 aromatic rings. The van der Waals surface area contributed by atoms with E-state index in [0.29, 0.717) is 0 Å². The Morgan fingerprint density at radius 3 is 1.19 bits per heavy atom. The van der Waals surface area contributed by atoms with Crippen LogP contribution < -0.4 is 0 Å². The lowest BCUT2D eigenvalue weighted by molar-refractivity contribution is 0.396. The zero-order chi connectivity index (χ0) is 53.9. The van der Waals surface area contributed by atoms with Crippen LogP contribution in [-0.4, -0.2) is 30.0 Å². The molecule has 0 radical (unpaired) electrons. The van der Waals surface area contributed by atoms with E-state index in [4.69, 9.17) is 10.3 Å². The molecular formula is C71H112N6. The molecule has 0 saturated heterocycles. The van der Waals surface area contributed by atoms with Crippen LogP contribution in [0.25, 0.3) is 33.8 Å². The quantitative estimate of drug-likeness (QED) is 0.0364. The summed E-state index contributed by atoms with van der Waals surface area (Å²) in [5, 5.41) is 18.7. The van der Waals surface area contributed by atoms with Gasteiger partial charge in [-0.05, 0) is 102 Å². The topological polar surface area (TPSA) is 61.4 Å². The third kappa shape index (κ3) is 21.2. The van der Waals surface area contributed by atoms with E-state index in [-0.39, 0.29) is 5.41 Å². The van der Waals surface area contributed by atoms with Gasteiger partial charge in [-0.15, -0.1) is 10.2 Å². The number of hydrogen-bond acceptors (Lipinski definition) is 4. The summed E-state index contributed by atoms with van der Waals surface area (Å²) in [4.78, 5) is 0. The molecule has 6 rings (SSSR count). The third-order valence-electron chi connectivity index (χ3n) is 17.8. The average Bonchev–Trinajstić information content (AvgIpc) is 4.26. The van der Waals surface area contributed by atoms with Gasteiger partial charge in [0.1, 0.15) is 5.69 Å². The summed E-state index contributed by atoms with van der Waals surface area (Å²) in [7, 11) is 0. The van der Waals surface area contributed by atoms with Crippen LogP contribution in [0.5, 0.6) is 0 Å². The molecule has 0 aliphatic heterocycles. The summed E-state index contributed by atoms with van der Waals surface area (Å²) in [5.41, 5.74) is 13.1. The first-order chi connectivity index (χ1) is 38.1. The molecule has 426 valence electrons. The van der Waals surface area contributed by atoms with Gasteiger partial charge in [0.15, 0.2) is 0 Å². The van der Waals surface area contributed by atoms with Gasteiger partial charge in [0.2, 0.25) is 0 Å². The minimum Gasteiger partial charge on any atom is -0.221 e. The van der Waals surface area contributed by atoms with Crippen molar-refractivity contribution >= 4 is 0 Å². The molecule has 0 amide bonds. The van der Waals surface area contributed by atoms with Gasteiger partial charge in [0.05, 0.1) is 30.0 Å². The predicted molar refractivity (Wildman–Crippen MR) is 332 cm³/mol. The zero-order valence-corrected chi connectivity index (χ0v) is 50.2. The Morgan fingerprint density at radius 2 is 0.766 bits per heavy atom. The minimum absolute atomic E-state index is 0.0772. The fraction of sp³-hybridized carbons (Fsp3) is 0.690. The number of unbranched alkanes of at least 4 members (excludes halogenated alkanes) is 36. The maximum absolute atomic E-state index is 5.04. The molecule has 2 heterocycles. The summed E-state index contributed by atoms with van der Waals surface area (Å²) in [5.74, 6) is 0. The van der Waals surface area contributed by atoms with E-state index in [0.717, 1.165) is 29.9 Å². The van der Waals surface area contributed by atoms with Crippen LogP contribution in [-0.2, 0) is 18.3 Å². The highest BCUT2D eigenvalue weighted by molar-refractivity contribution is 5.83. The number of aromatic nitrogens is 6. The van der Waals surface area contributed by atoms with E-state index in [1.807, 2.05) is 10.9 Å². The Hall–Kier alpha value is -4.06. The molecule has 0 saturated carbocycles. The second-order valence-corrected chi connectivity index (χ2v) is 24.2. The molecule has 77 heavy (non-hydrogen) atoms. The van der Waals surface area contributed by atoms with Gasteiger partial charge in [-0.25, -0.2) is 9.36 Å². The van der Waals surface area contributed by atoms with Crippen molar-refractivity contribution in [2.75, 3.05) is 0 Å². The van der Waals surface area contributed by atoms with E-state index >= 15 is 0 Å². The van der Waals surface area contributed by atoms with Crippen LogP contribution >= 0.6 is 0 Å². The molecule has 3 aromatic carbocycles.